The molecule has 1 saturated heterocycles. The van der Waals surface area contributed by atoms with Crippen molar-refractivity contribution in [2.24, 2.45) is 11.7 Å². The van der Waals surface area contributed by atoms with E-state index in [1.54, 1.807) is 7.11 Å². The predicted octanol–water partition coefficient (Wildman–Crippen LogP) is 3.34. The van der Waals surface area contributed by atoms with Gasteiger partial charge in [0, 0.05) is 29.1 Å². The van der Waals surface area contributed by atoms with Gasteiger partial charge < -0.3 is 20.4 Å². The van der Waals surface area contributed by atoms with Crippen LogP contribution in [0.3, 0.4) is 0 Å². The Kier molecular flexibility index (Phi) is 4.93. The number of likely N-dealkylation sites (tertiary alicyclic amines) is 1. The average molecular weight is 315 g/mol. The van der Waals surface area contributed by atoms with Crippen molar-refractivity contribution in [1.29, 1.82) is 0 Å². The van der Waals surface area contributed by atoms with Crippen molar-refractivity contribution in [3.05, 3.63) is 30.0 Å². The van der Waals surface area contributed by atoms with Crippen LogP contribution in [-0.2, 0) is 0 Å². The smallest absolute Gasteiger partial charge is 0.119 e. The largest absolute Gasteiger partial charge is 0.497 e. The van der Waals surface area contributed by atoms with E-state index in [1.807, 2.05) is 6.07 Å². The van der Waals surface area contributed by atoms with Crippen molar-refractivity contribution in [1.82, 2.24) is 9.88 Å². The van der Waals surface area contributed by atoms with Gasteiger partial charge >= 0.3 is 0 Å². The van der Waals surface area contributed by atoms with Crippen LogP contribution in [0.25, 0.3) is 10.9 Å². The molecule has 1 aromatic carbocycles. The maximum atomic E-state index is 6.19. The van der Waals surface area contributed by atoms with Crippen molar-refractivity contribution in [3.63, 3.8) is 0 Å². The molecule has 0 saturated carbocycles. The second-order valence-corrected chi connectivity index (χ2v) is 6.96. The van der Waals surface area contributed by atoms with Crippen molar-refractivity contribution < 1.29 is 4.74 Å². The Bertz CT molecular complexity index is 641. The number of nitrogens with two attached hydrogens (primary N) is 1. The van der Waals surface area contributed by atoms with E-state index in [0.717, 1.165) is 5.75 Å². The molecule has 3 rings (SSSR count). The fraction of sp³-hybridized carbons (Fsp3) is 0.579. The van der Waals surface area contributed by atoms with Gasteiger partial charge in [-0.15, -0.1) is 0 Å². The summed E-state index contributed by atoms with van der Waals surface area (Å²) in [5, 5.41) is 1.26. The van der Waals surface area contributed by atoms with Crippen LogP contribution in [0.4, 0.5) is 0 Å². The second-order valence-electron chi connectivity index (χ2n) is 6.96. The van der Waals surface area contributed by atoms with Crippen LogP contribution in [0.5, 0.6) is 5.75 Å². The molecule has 1 atom stereocenters. The third-order valence-corrected chi connectivity index (χ3v) is 5.45. The summed E-state index contributed by atoms with van der Waals surface area (Å²) in [5.74, 6) is 1.99. The molecule has 3 N–H and O–H groups in total. The third kappa shape index (κ3) is 3.24. The second kappa shape index (κ2) is 6.93. The Labute approximate surface area is 139 Å². The van der Waals surface area contributed by atoms with E-state index in [-0.39, 0.29) is 0 Å². The summed E-state index contributed by atoms with van der Waals surface area (Å²) in [6.45, 7) is 7.64. The molecule has 0 aliphatic carbocycles. The number of hydrogen-bond donors (Lipinski definition) is 2. The van der Waals surface area contributed by atoms with Crippen LogP contribution in [0, 0.1) is 5.92 Å². The van der Waals surface area contributed by atoms with Gasteiger partial charge in [-0.1, -0.05) is 0 Å². The number of piperidine rings is 1. The van der Waals surface area contributed by atoms with Crippen molar-refractivity contribution in [2.45, 2.75) is 38.6 Å². The number of ether oxygens (including phenoxy) is 1. The standard InChI is InChI=1S/C19H29N3O/c1-13(2)22-8-6-14(7-9-22)17(11-20)18-12-21-19-5-4-15(23-3)10-16(18)19/h4-5,10,12-14,17,21H,6-9,11,20H2,1-3H3. The molecule has 2 heterocycles. The number of nitrogens with one attached hydrogen (secondary N) is 1. The SMILES string of the molecule is COc1ccc2[nH]cc(C(CN)C3CCN(C(C)C)CC3)c2c1. The molecule has 1 aliphatic heterocycles. The lowest BCUT2D eigenvalue weighted by Crippen LogP contribution is -2.40. The maximum Gasteiger partial charge on any atom is 0.119 e. The fourth-order valence-corrected chi connectivity index (χ4v) is 3.97. The van der Waals surface area contributed by atoms with Gasteiger partial charge in [0.15, 0.2) is 0 Å². The van der Waals surface area contributed by atoms with E-state index >= 15 is 0 Å². The fourth-order valence-electron chi connectivity index (χ4n) is 3.97. The molecule has 1 unspecified atom stereocenters. The number of nitrogens with zero attached hydrogens (tertiary/aromatic N) is 1. The highest BCUT2D eigenvalue weighted by atomic mass is 16.5. The first kappa shape index (κ1) is 16.3. The maximum absolute atomic E-state index is 6.19. The molecule has 1 aromatic heterocycles. The first-order chi connectivity index (χ1) is 11.1. The molecule has 4 nitrogen and oxygen atoms in total. The number of aromatic amines is 1. The Morgan fingerprint density at radius 3 is 2.65 bits per heavy atom. The van der Waals surface area contributed by atoms with Crippen LogP contribution in [-0.4, -0.2) is 42.7 Å². The highest BCUT2D eigenvalue weighted by molar-refractivity contribution is 5.85. The van der Waals surface area contributed by atoms with E-state index in [2.05, 4.69) is 42.1 Å². The van der Waals surface area contributed by atoms with Gasteiger partial charge in [-0.2, -0.15) is 0 Å². The number of methoxy groups -OCH3 is 1. The van der Waals surface area contributed by atoms with Gasteiger partial charge in [-0.25, -0.2) is 0 Å². The van der Waals surface area contributed by atoms with Crippen LogP contribution in [0.2, 0.25) is 0 Å². The van der Waals surface area contributed by atoms with Gasteiger partial charge in [0.25, 0.3) is 0 Å². The van der Waals surface area contributed by atoms with E-state index in [1.165, 1.54) is 42.4 Å². The highest BCUT2D eigenvalue weighted by Crippen LogP contribution is 2.37. The topological polar surface area (TPSA) is 54.3 Å². The summed E-state index contributed by atoms with van der Waals surface area (Å²) < 4.78 is 5.39. The molecule has 0 amide bonds. The minimum absolute atomic E-state index is 0.421. The highest BCUT2D eigenvalue weighted by Gasteiger charge is 2.29. The number of aromatic nitrogens is 1. The number of H-pyrrole nitrogens is 1. The Morgan fingerprint density at radius 2 is 2.04 bits per heavy atom. The number of hydrogen-bond acceptors (Lipinski definition) is 3. The van der Waals surface area contributed by atoms with E-state index < -0.39 is 0 Å². The summed E-state index contributed by atoms with van der Waals surface area (Å²) in [5.41, 5.74) is 8.71. The number of rotatable bonds is 5. The Hall–Kier alpha value is -1.52. The number of fused-ring (bicyclic) bond motifs is 1. The third-order valence-electron chi connectivity index (χ3n) is 5.45. The molecule has 0 bridgehead atoms. The lowest BCUT2D eigenvalue weighted by atomic mass is 9.79. The normalized spacial score (nSPS) is 18.7. The molecule has 126 valence electrons. The molecule has 1 aliphatic rings. The Morgan fingerprint density at radius 1 is 1.30 bits per heavy atom. The van der Waals surface area contributed by atoms with Crippen molar-refractivity contribution >= 4 is 10.9 Å². The minimum Gasteiger partial charge on any atom is -0.497 e. The van der Waals surface area contributed by atoms with Gasteiger partial charge in [0.05, 0.1) is 7.11 Å². The summed E-state index contributed by atoms with van der Waals surface area (Å²) in [6.07, 6.45) is 4.61. The minimum atomic E-state index is 0.421. The summed E-state index contributed by atoms with van der Waals surface area (Å²) in [7, 11) is 1.72. The lowest BCUT2D eigenvalue weighted by molar-refractivity contribution is 0.138. The van der Waals surface area contributed by atoms with Crippen LogP contribution >= 0.6 is 0 Å². The van der Waals surface area contributed by atoms with Gasteiger partial charge in [-0.3, -0.25) is 0 Å². The van der Waals surface area contributed by atoms with Crippen molar-refractivity contribution in [3.8, 4) is 5.75 Å². The average Bonchev–Trinajstić information content (AvgIpc) is 2.99. The molecule has 1 fully saturated rings. The quantitative estimate of drug-likeness (QED) is 0.890. The lowest BCUT2D eigenvalue weighted by Gasteiger charge is -2.37. The molecular formula is C19H29N3O. The molecule has 0 radical (unpaired) electrons. The first-order valence-corrected chi connectivity index (χ1v) is 8.73. The Balaban J connectivity index is 1.84. The van der Waals surface area contributed by atoms with E-state index in [4.69, 9.17) is 10.5 Å². The zero-order valence-corrected chi connectivity index (χ0v) is 14.5. The van der Waals surface area contributed by atoms with Crippen LogP contribution < -0.4 is 10.5 Å². The van der Waals surface area contributed by atoms with Crippen LogP contribution in [0.15, 0.2) is 24.4 Å². The molecular weight excluding hydrogens is 286 g/mol. The van der Waals surface area contributed by atoms with E-state index in [0.29, 0.717) is 24.4 Å². The first-order valence-electron chi connectivity index (χ1n) is 8.73. The molecule has 0 spiro atoms. The predicted molar refractivity (Wildman–Crippen MR) is 96.1 cm³/mol. The zero-order chi connectivity index (χ0) is 16.4. The summed E-state index contributed by atoms with van der Waals surface area (Å²) in [4.78, 5) is 5.97. The number of benzene rings is 1. The van der Waals surface area contributed by atoms with E-state index in [9.17, 15) is 0 Å². The summed E-state index contributed by atoms with van der Waals surface area (Å²) in [6, 6.07) is 6.87. The van der Waals surface area contributed by atoms with Gasteiger partial charge in [-0.05, 0) is 76.0 Å². The van der Waals surface area contributed by atoms with Crippen LogP contribution in [0.1, 0.15) is 38.2 Å². The molecule has 2 aromatic rings. The summed E-state index contributed by atoms with van der Waals surface area (Å²) >= 11 is 0. The zero-order valence-electron chi connectivity index (χ0n) is 14.5. The monoisotopic (exact) mass is 315 g/mol. The van der Waals surface area contributed by atoms with Gasteiger partial charge in [0.2, 0.25) is 0 Å². The van der Waals surface area contributed by atoms with Crippen molar-refractivity contribution in [2.75, 3.05) is 26.7 Å². The van der Waals surface area contributed by atoms with Gasteiger partial charge in [0.1, 0.15) is 5.75 Å². The molecule has 4 heteroatoms. The molecule has 23 heavy (non-hydrogen) atoms.